The minimum atomic E-state index is 0.117. The number of carbonyl (C=O) groups excluding carboxylic acids is 1. The molecule has 0 saturated carbocycles. The Kier molecular flexibility index (Phi) is 4.39. The first-order valence-corrected chi connectivity index (χ1v) is 6.95. The topological polar surface area (TPSA) is 40.5 Å². The lowest BCUT2D eigenvalue weighted by atomic mass is 9.97. The van der Waals surface area contributed by atoms with Crippen LogP contribution in [0.1, 0.15) is 23.2 Å². The van der Waals surface area contributed by atoms with Crippen LogP contribution < -0.4 is 0 Å². The van der Waals surface area contributed by atoms with Crippen LogP contribution >= 0.6 is 22.6 Å². The van der Waals surface area contributed by atoms with E-state index < -0.39 is 0 Å². The largest absolute Gasteiger partial charge is 0.396 e. The third-order valence-corrected chi connectivity index (χ3v) is 4.20. The van der Waals surface area contributed by atoms with E-state index in [-0.39, 0.29) is 12.5 Å². The van der Waals surface area contributed by atoms with Gasteiger partial charge in [0.1, 0.15) is 0 Å². The molecule has 1 aliphatic heterocycles. The van der Waals surface area contributed by atoms with E-state index >= 15 is 0 Å². The Morgan fingerprint density at radius 3 is 2.59 bits per heavy atom. The molecule has 4 heteroatoms. The molecule has 1 fully saturated rings. The smallest absolute Gasteiger partial charge is 0.254 e. The van der Waals surface area contributed by atoms with Crippen LogP contribution in [0.4, 0.5) is 0 Å². The van der Waals surface area contributed by atoms with Crippen LogP contribution in [0.2, 0.25) is 0 Å². The molecular formula is C13H16INO2. The van der Waals surface area contributed by atoms with E-state index in [0.717, 1.165) is 35.1 Å². The van der Waals surface area contributed by atoms with Gasteiger partial charge in [-0.2, -0.15) is 0 Å². The van der Waals surface area contributed by atoms with E-state index in [1.807, 2.05) is 29.2 Å². The maximum atomic E-state index is 12.3. The van der Waals surface area contributed by atoms with E-state index in [9.17, 15) is 4.79 Å². The van der Waals surface area contributed by atoms with Crippen molar-refractivity contribution in [1.29, 1.82) is 0 Å². The van der Waals surface area contributed by atoms with Gasteiger partial charge in [-0.15, -0.1) is 0 Å². The van der Waals surface area contributed by atoms with Crippen molar-refractivity contribution in [2.45, 2.75) is 12.8 Å². The Balaban J connectivity index is 2.04. The summed E-state index contributed by atoms with van der Waals surface area (Å²) in [5, 5.41) is 9.07. The quantitative estimate of drug-likeness (QED) is 0.835. The van der Waals surface area contributed by atoms with Gasteiger partial charge in [0, 0.05) is 23.3 Å². The van der Waals surface area contributed by atoms with E-state index in [1.54, 1.807) is 0 Å². The fourth-order valence-electron chi connectivity index (χ4n) is 2.12. The van der Waals surface area contributed by atoms with Gasteiger partial charge in [0.25, 0.3) is 5.91 Å². The van der Waals surface area contributed by atoms with Gasteiger partial charge < -0.3 is 10.0 Å². The highest BCUT2D eigenvalue weighted by molar-refractivity contribution is 14.1. The number of nitrogens with zero attached hydrogens (tertiary/aromatic N) is 1. The average molecular weight is 345 g/mol. The first kappa shape index (κ1) is 12.8. The fraction of sp³-hybridized carbons (Fsp3) is 0.462. The molecule has 1 N–H and O–H groups in total. The number of piperidine rings is 1. The van der Waals surface area contributed by atoms with Gasteiger partial charge in [-0.1, -0.05) is 12.1 Å². The van der Waals surface area contributed by atoms with Crippen molar-refractivity contribution in [3.05, 3.63) is 33.4 Å². The van der Waals surface area contributed by atoms with Crippen LogP contribution in [0.3, 0.4) is 0 Å². The standard InChI is InChI=1S/C13H16INO2/c14-12-4-2-1-3-11(12)13(17)15-7-5-10(9-16)6-8-15/h1-4,10,16H,5-9H2. The number of hydrogen-bond donors (Lipinski definition) is 1. The SMILES string of the molecule is O=C(c1ccccc1I)N1CCC(CO)CC1. The molecule has 0 unspecified atom stereocenters. The number of amides is 1. The van der Waals surface area contributed by atoms with Crippen LogP contribution in [0.15, 0.2) is 24.3 Å². The van der Waals surface area contributed by atoms with Crippen LogP contribution in [0.5, 0.6) is 0 Å². The maximum Gasteiger partial charge on any atom is 0.254 e. The molecule has 1 saturated heterocycles. The lowest BCUT2D eigenvalue weighted by Gasteiger charge is -2.31. The summed E-state index contributed by atoms with van der Waals surface area (Å²) in [6.45, 7) is 1.76. The van der Waals surface area contributed by atoms with E-state index in [2.05, 4.69) is 22.6 Å². The number of hydrogen-bond acceptors (Lipinski definition) is 2. The van der Waals surface area contributed by atoms with Gasteiger partial charge in [-0.25, -0.2) is 0 Å². The van der Waals surface area contributed by atoms with Gasteiger partial charge in [-0.3, -0.25) is 4.79 Å². The molecular weight excluding hydrogens is 329 g/mol. The van der Waals surface area contributed by atoms with Crippen molar-refractivity contribution in [3.63, 3.8) is 0 Å². The monoisotopic (exact) mass is 345 g/mol. The van der Waals surface area contributed by atoms with Gasteiger partial charge in [0.15, 0.2) is 0 Å². The van der Waals surface area contributed by atoms with Crippen molar-refractivity contribution in [1.82, 2.24) is 4.90 Å². The zero-order chi connectivity index (χ0) is 12.3. The first-order chi connectivity index (χ1) is 8.22. The average Bonchev–Trinajstić information content (AvgIpc) is 2.39. The van der Waals surface area contributed by atoms with Crippen LogP contribution in [-0.2, 0) is 0 Å². The highest BCUT2D eigenvalue weighted by atomic mass is 127. The Morgan fingerprint density at radius 1 is 1.35 bits per heavy atom. The molecule has 0 radical (unpaired) electrons. The summed E-state index contributed by atoms with van der Waals surface area (Å²) in [6, 6.07) is 7.67. The van der Waals surface area contributed by atoms with E-state index in [4.69, 9.17) is 5.11 Å². The van der Waals surface area contributed by atoms with Gasteiger partial charge in [-0.05, 0) is 53.5 Å². The number of carbonyl (C=O) groups is 1. The lowest BCUT2D eigenvalue weighted by molar-refractivity contribution is 0.0650. The molecule has 0 bridgehead atoms. The molecule has 1 aromatic carbocycles. The summed E-state index contributed by atoms with van der Waals surface area (Å²) < 4.78 is 0.999. The van der Waals surface area contributed by atoms with Crippen LogP contribution in [0, 0.1) is 9.49 Å². The summed E-state index contributed by atoms with van der Waals surface area (Å²) in [5.74, 6) is 0.486. The van der Waals surface area contributed by atoms with Crippen molar-refractivity contribution in [2.75, 3.05) is 19.7 Å². The second-order valence-electron chi connectivity index (χ2n) is 4.40. The number of rotatable bonds is 2. The van der Waals surface area contributed by atoms with Gasteiger partial charge >= 0.3 is 0 Å². The summed E-state index contributed by atoms with van der Waals surface area (Å²) in [4.78, 5) is 14.2. The number of benzene rings is 1. The zero-order valence-corrected chi connectivity index (χ0v) is 11.8. The zero-order valence-electron chi connectivity index (χ0n) is 9.60. The molecule has 3 nitrogen and oxygen atoms in total. The molecule has 17 heavy (non-hydrogen) atoms. The second kappa shape index (κ2) is 5.82. The summed E-state index contributed by atoms with van der Waals surface area (Å²) in [5.41, 5.74) is 0.788. The molecule has 1 aliphatic rings. The van der Waals surface area contributed by atoms with Crippen LogP contribution in [0.25, 0.3) is 0 Å². The summed E-state index contributed by atoms with van der Waals surface area (Å²) in [7, 11) is 0. The molecule has 0 atom stereocenters. The molecule has 92 valence electrons. The molecule has 0 spiro atoms. The predicted molar refractivity (Wildman–Crippen MR) is 74.9 cm³/mol. The molecule has 0 aliphatic carbocycles. The Bertz CT molecular complexity index is 400. The normalized spacial score (nSPS) is 17.2. The van der Waals surface area contributed by atoms with E-state index in [0.29, 0.717) is 5.92 Å². The Labute approximate surface area is 115 Å². The fourth-order valence-corrected chi connectivity index (χ4v) is 2.74. The Hall–Kier alpha value is -0.620. The molecule has 1 aromatic rings. The van der Waals surface area contributed by atoms with Crippen LogP contribution in [-0.4, -0.2) is 35.6 Å². The molecule has 0 aromatic heterocycles. The van der Waals surface area contributed by atoms with E-state index in [1.165, 1.54) is 0 Å². The maximum absolute atomic E-state index is 12.3. The molecule has 1 heterocycles. The number of aliphatic hydroxyl groups is 1. The minimum Gasteiger partial charge on any atom is -0.396 e. The van der Waals surface area contributed by atoms with Crippen molar-refractivity contribution in [3.8, 4) is 0 Å². The van der Waals surface area contributed by atoms with Crippen molar-refractivity contribution in [2.24, 2.45) is 5.92 Å². The highest BCUT2D eigenvalue weighted by Crippen LogP contribution is 2.20. The molecule has 1 amide bonds. The van der Waals surface area contributed by atoms with Crippen molar-refractivity contribution >= 4 is 28.5 Å². The molecule has 2 rings (SSSR count). The van der Waals surface area contributed by atoms with Crippen molar-refractivity contribution < 1.29 is 9.90 Å². The minimum absolute atomic E-state index is 0.117. The first-order valence-electron chi connectivity index (χ1n) is 5.87. The second-order valence-corrected chi connectivity index (χ2v) is 5.56. The summed E-state index contributed by atoms with van der Waals surface area (Å²) in [6.07, 6.45) is 1.82. The Morgan fingerprint density at radius 2 is 2.00 bits per heavy atom. The highest BCUT2D eigenvalue weighted by Gasteiger charge is 2.23. The van der Waals surface area contributed by atoms with Gasteiger partial charge in [0.05, 0.1) is 5.56 Å². The third kappa shape index (κ3) is 2.98. The lowest BCUT2D eigenvalue weighted by Crippen LogP contribution is -2.39. The van der Waals surface area contributed by atoms with Gasteiger partial charge in [0.2, 0.25) is 0 Å². The summed E-state index contributed by atoms with van der Waals surface area (Å²) >= 11 is 2.20. The number of halogens is 1. The third-order valence-electron chi connectivity index (χ3n) is 3.26. The number of likely N-dealkylation sites (tertiary alicyclic amines) is 1. The predicted octanol–water partition coefficient (Wildman–Crippen LogP) is 2.14. The number of aliphatic hydroxyl groups excluding tert-OH is 1.